The van der Waals surface area contributed by atoms with Crippen LogP contribution in [0.3, 0.4) is 0 Å². The molecule has 1 aliphatic rings. The van der Waals surface area contributed by atoms with Crippen molar-refractivity contribution in [3.05, 3.63) is 77.6 Å². The molecule has 0 bridgehead atoms. The van der Waals surface area contributed by atoms with Gasteiger partial charge in [0.2, 0.25) is 0 Å². The van der Waals surface area contributed by atoms with E-state index >= 15 is 0 Å². The number of guanidine groups is 1. The molecule has 3 heterocycles. The van der Waals surface area contributed by atoms with Crippen molar-refractivity contribution in [1.29, 1.82) is 0 Å². The second kappa shape index (κ2) is 12.8. The lowest BCUT2D eigenvalue weighted by atomic mass is 10.1. The number of nitrogens with zero attached hydrogens (tertiary/aromatic N) is 5. The van der Waals surface area contributed by atoms with E-state index in [4.69, 9.17) is 8.94 Å². The second-order valence-corrected chi connectivity index (χ2v) is 8.18. The zero-order valence-electron chi connectivity index (χ0n) is 19.3. The predicted octanol–water partition coefficient (Wildman–Crippen LogP) is 3.41. The highest BCUT2D eigenvalue weighted by Crippen LogP contribution is 2.14. The fourth-order valence-electron chi connectivity index (χ4n) is 4.07. The molecule has 4 rings (SSSR count). The molecule has 9 heteroatoms. The highest BCUT2D eigenvalue weighted by molar-refractivity contribution is 14.0. The zero-order chi connectivity index (χ0) is 22.2. The summed E-state index contributed by atoms with van der Waals surface area (Å²) in [5.74, 6) is 1.93. The molecule has 1 aromatic carbocycles. The molecule has 0 unspecified atom stereocenters. The van der Waals surface area contributed by atoms with Crippen molar-refractivity contribution >= 4 is 29.9 Å². The number of aromatic nitrogens is 1. The van der Waals surface area contributed by atoms with E-state index in [1.165, 1.54) is 11.1 Å². The van der Waals surface area contributed by atoms with E-state index in [1.807, 2.05) is 25.2 Å². The van der Waals surface area contributed by atoms with Crippen molar-refractivity contribution in [2.45, 2.75) is 26.2 Å². The normalized spacial score (nSPS) is 15.0. The van der Waals surface area contributed by atoms with Crippen LogP contribution in [0, 0.1) is 0 Å². The number of hydrogen-bond acceptors (Lipinski definition) is 6. The fourth-order valence-corrected chi connectivity index (χ4v) is 4.07. The number of furan rings is 1. The lowest BCUT2D eigenvalue weighted by Crippen LogP contribution is -2.52. The first kappa shape index (κ1) is 25.3. The van der Waals surface area contributed by atoms with Crippen LogP contribution in [0.1, 0.15) is 22.6 Å². The SMILES string of the molecule is CN=C(NCc1ccccc1CN(C)Cc1ccco1)N1CCN(Cc2ccon2)CC1.I. The molecule has 0 radical (unpaired) electrons. The molecule has 3 aromatic rings. The lowest BCUT2D eigenvalue weighted by Gasteiger charge is -2.36. The number of aliphatic imine (C=N–C) groups is 1. The first-order valence-electron chi connectivity index (χ1n) is 11.1. The summed E-state index contributed by atoms with van der Waals surface area (Å²) >= 11 is 0. The van der Waals surface area contributed by atoms with Gasteiger partial charge in [-0.05, 0) is 30.3 Å². The Balaban J connectivity index is 0.00000306. The van der Waals surface area contributed by atoms with Crippen molar-refractivity contribution in [3.63, 3.8) is 0 Å². The summed E-state index contributed by atoms with van der Waals surface area (Å²) < 4.78 is 10.4. The van der Waals surface area contributed by atoms with Crippen LogP contribution in [0.15, 0.2) is 68.9 Å². The van der Waals surface area contributed by atoms with Gasteiger partial charge in [-0.3, -0.25) is 14.8 Å². The molecular weight excluding hydrogens is 531 g/mol. The van der Waals surface area contributed by atoms with Gasteiger partial charge in [-0.25, -0.2) is 0 Å². The van der Waals surface area contributed by atoms with Gasteiger partial charge in [0, 0.05) is 58.9 Å². The van der Waals surface area contributed by atoms with Gasteiger partial charge in [-0.1, -0.05) is 29.4 Å². The third kappa shape index (κ3) is 7.31. The Labute approximate surface area is 212 Å². The van der Waals surface area contributed by atoms with Crippen molar-refractivity contribution in [3.8, 4) is 0 Å². The van der Waals surface area contributed by atoms with Crippen LogP contribution < -0.4 is 5.32 Å². The van der Waals surface area contributed by atoms with E-state index in [1.54, 1.807) is 12.5 Å². The lowest BCUT2D eigenvalue weighted by molar-refractivity contribution is 0.169. The first-order chi connectivity index (χ1) is 15.7. The second-order valence-electron chi connectivity index (χ2n) is 8.18. The Kier molecular flexibility index (Phi) is 9.76. The van der Waals surface area contributed by atoms with Gasteiger partial charge >= 0.3 is 0 Å². The summed E-state index contributed by atoms with van der Waals surface area (Å²) in [5, 5.41) is 7.59. The molecule has 1 aliphatic heterocycles. The Morgan fingerprint density at radius 3 is 2.48 bits per heavy atom. The Morgan fingerprint density at radius 2 is 1.82 bits per heavy atom. The van der Waals surface area contributed by atoms with Gasteiger partial charge in [0.15, 0.2) is 5.96 Å². The monoisotopic (exact) mass is 564 g/mol. The Bertz CT molecular complexity index is 969. The molecule has 0 aliphatic carbocycles. The molecule has 1 saturated heterocycles. The molecule has 8 nitrogen and oxygen atoms in total. The van der Waals surface area contributed by atoms with Crippen molar-refractivity contribution in [2.75, 3.05) is 40.3 Å². The molecule has 0 saturated carbocycles. The number of benzene rings is 1. The van der Waals surface area contributed by atoms with Crippen LogP contribution in [0.2, 0.25) is 0 Å². The van der Waals surface area contributed by atoms with Gasteiger partial charge in [0.1, 0.15) is 12.0 Å². The number of rotatable bonds is 8. The third-order valence-corrected chi connectivity index (χ3v) is 5.76. The minimum atomic E-state index is 0. The molecule has 0 atom stereocenters. The average Bonchev–Trinajstić information content (AvgIpc) is 3.51. The molecule has 2 aromatic heterocycles. The summed E-state index contributed by atoms with van der Waals surface area (Å²) in [6, 6.07) is 14.4. The van der Waals surface area contributed by atoms with Gasteiger partial charge in [0.25, 0.3) is 0 Å². The number of nitrogens with one attached hydrogen (secondary N) is 1. The van der Waals surface area contributed by atoms with Crippen LogP contribution in [-0.2, 0) is 26.2 Å². The third-order valence-electron chi connectivity index (χ3n) is 5.76. The predicted molar refractivity (Wildman–Crippen MR) is 139 cm³/mol. The minimum absolute atomic E-state index is 0. The largest absolute Gasteiger partial charge is 0.468 e. The number of piperazine rings is 1. The van der Waals surface area contributed by atoms with Crippen LogP contribution in [0.25, 0.3) is 0 Å². The summed E-state index contributed by atoms with van der Waals surface area (Å²) in [7, 11) is 3.97. The van der Waals surface area contributed by atoms with Crippen molar-refractivity contribution in [1.82, 2.24) is 25.2 Å². The zero-order valence-corrected chi connectivity index (χ0v) is 21.6. The van der Waals surface area contributed by atoms with E-state index in [0.717, 1.165) is 69.8 Å². The van der Waals surface area contributed by atoms with Crippen LogP contribution in [-0.4, -0.2) is 66.1 Å². The minimum Gasteiger partial charge on any atom is -0.468 e. The molecule has 0 amide bonds. The summed E-state index contributed by atoms with van der Waals surface area (Å²) in [6.07, 6.45) is 3.35. The fraction of sp³-hybridized carbons (Fsp3) is 0.417. The van der Waals surface area contributed by atoms with E-state index in [-0.39, 0.29) is 24.0 Å². The maximum atomic E-state index is 5.48. The summed E-state index contributed by atoms with van der Waals surface area (Å²) in [6.45, 7) is 7.04. The molecule has 178 valence electrons. The van der Waals surface area contributed by atoms with Gasteiger partial charge in [-0.15, -0.1) is 24.0 Å². The summed E-state index contributed by atoms with van der Waals surface area (Å²) in [5.41, 5.74) is 3.57. The quantitative estimate of drug-likeness (QED) is 0.256. The smallest absolute Gasteiger partial charge is 0.194 e. The van der Waals surface area contributed by atoms with Gasteiger partial charge in [-0.2, -0.15) is 0 Å². The molecular formula is C24H33IN6O2. The van der Waals surface area contributed by atoms with Crippen LogP contribution in [0.5, 0.6) is 0 Å². The molecule has 0 spiro atoms. The molecule has 1 N–H and O–H groups in total. The van der Waals surface area contributed by atoms with E-state index in [9.17, 15) is 0 Å². The van der Waals surface area contributed by atoms with E-state index in [2.05, 4.69) is 61.5 Å². The maximum absolute atomic E-state index is 5.48. The van der Waals surface area contributed by atoms with Crippen molar-refractivity contribution < 1.29 is 8.94 Å². The average molecular weight is 564 g/mol. The van der Waals surface area contributed by atoms with Crippen LogP contribution in [0.4, 0.5) is 0 Å². The first-order valence-corrected chi connectivity index (χ1v) is 11.1. The van der Waals surface area contributed by atoms with Crippen molar-refractivity contribution in [2.24, 2.45) is 4.99 Å². The standard InChI is InChI=1S/C24H32N6O2.HI/c1-25-24(30-12-10-29(11-13-30)18-22-9-15-32-27-22)26-16-20-6-3-4-7-21(20)17-28(2)19-23-8-5-14-31-23;/h3-9,14-15H,10-13,16-19H2,1-2H3,(H,25,26);1H. The maximum Gasteiger partial charge on any atom is 0.194 e. The number of hydrogen-bond donors (Lipinski definition) is 1. The van der Waals surface area contributed by atoms with E-state index in [0.29, 0.717) is 0 Å². The topological polar surface area (TPSA) is 73.3 Å². The van der Waals surface area contributed by atoms with Gasteiger partial charge in [0.05, 0.1) is 18.5 Å². The van der Waals surface area contributed by atoms with Crippen LogP contribution >= 0.6 is 24.0 Å². The highest BCUT2D eigenvalue weighted by atomic mass is 127. The van der Waals surface area contributed by atoms with E-state index < -0.39 is 0 Å². The molecule has 33 heavy (non-hydrogen) atoms. The van der Waals surface area contributed by atoms with Gasteiger partial charge < -0.3 is 19.2 Å². The Morgan fingerprint density at radius 1 is 1.03 bits per heavy atom. The summed E-state index contributed by atoms with van der Waals surface area (Å²) in [4.78, 5) is 11.5. The Hall–Kier alpha value is -2.37. The number of halogens is 1. The highest BCUT2D eigenvalue weighted by Gasteiger charge is 2.20. The molecule has 1 fully saturated rings.